The molecule has 2 atom stereocenters. The van der Waals surface area contributed by atoms with Crippen LogP contribution >= 0.6 is 0 Å². The third-order valence-electron chi connectivity index (χ3n) is 6.72. The molecule has 2 amide bonds. The van der Waals surface area contributed by atoms with Gasteiger partial charge >= 0.3 is 6.09 Å². The number of imidazole rings is 1. The Hall–Kier alpha value is -4.01. The predicted octanol–water partition coefficient (Wildman–Crippen LogP) is 5.13. The highest BCUT2D eigenvalue weighted by atomic mass is 19.1. The van der Waals surface area contributed by atoms with Gasteiger partial charge in [0.1, 0.15) is 17.7 Å². The van der Waals surface area contributed by atoms with Crippen molar-refractivity contribution in [2.45, 2.75) is 45.7 Å². The monoisotopic (exact) mass is 506 g/mol. The number of halogens is 1. The second kappa shape index (κ2) is 10.9. The number of alkyl carbamates (subject to hydrolysis) is 1. The summed E-state index contributed by atoms with van der Waals surface area (Å²) < 4.78 is 19.7. The second-order valence-electron chi connectivity index (χ2n) is 9.56. The van der Waals surface area contributed by atoms with E-state index < -0.39 is 18.0 Å². The van der Waals surface area contributed by atoms with Crippen LogP contribution in [0.1, 0.15) is 55.8 Å². The molecule has 2 aromatic carbocycles. The number of nitrogens with zero attached hydrogens (tertiary/aromatic N) is 2. The van der Waals surface area contributed by atoms with Gasteiger partial charge in [-0.25, -0.2) is 14.2 Å². The molecule has 1 aliphatic rings. The van der Waals surface area contributed by atoms with Crippen LogP contribution in [0.25, 0.3) is 22.4 Å². The van der Waals surface area contributed by atoms with Crippen molar-refractivity contribution in [1.29, 1.82) is 0 Å². The largest absolute Gasteiger partial charge is 0.453 e. The minimum Gasteiger partial charge on any atom is -0.453 e. The zero-order valence-electron chi connectivity index (χ0n) is 21.4. The van der Waals surface area contributed by atoms with E-state index in [0.29, 0.717) is 40.3 Å². The molecule has 1 fully saturated rings. The number of aromatic amines is 1. The van der Waals surface area contributed by atoms with Crippen molar-refractivity contribution in [1.82, 2.24) is 20.2 Å². The minimum absolute atomic E-state index is 0.0422. The van der Waals surface area contributed by atoms with E-state index in [4.69, 9.17) is 0 Å². The molecule has 2 unspecified atom stereocenters. The van der Waals surface area contributed by atoms with Crippen LogP contribution in [0, 0.1) is 11.7 Å². The van der Waals surface area contributed by atoms with E-state index in [2.05, 4.69) is 20.0 Å². The lowest BCUT2D eigenvalue weighted by atomic mass is 10.0. The Balaban J connectivity index is 1.54. The molecule has 194 valence electrons. The first-order valence-corrected chi connectivity index (χ1v) is 12.3. The minimum atomic E-state index is -0.714. The van der Waals surface area contributed by atoms with Crippen molar-refractivity contribution < 1.29 is 23.5 Å². The number of likely N-dealkylation sites (tertiary alicyclic amines) is 1. The molecule has 0 aliphatic carbocycles. The zero-order valence-corrected chi connectivity index (χ0v) is 21.4. The van der Waals surface area contributed by atoms with Gasteiger partial charge in [-0.3, -0.25) is 9.59 Å². The van der Waals surface area contributed by atoms with Crippen molar-refractivity contribution in [3.05, 3.63) is 65.9 Å². The van der Waals surface area contributed by atoms with Crippen LogP contribution in [0.15, 0.2) is 48.7 Å². The molecule has 37 heavy (non-hydrogen) atoms. The lowest BCUT2D eigenvalue weighted by Gasteiger charge is -2.30. The van der Waals surface area contributed by atoms with Gasteiger partial charge in [0.25, 0.3) is 0 Å². The Kier molecular flexibility index (Phi) is 7.71. The van der Waals surface area contributed by atoms with Crippen LogP contribution in [-0.4, -0.2) is 52.3 Å². The van der Waals surface area contributed by atoms with Crippen molar-refractivity contribution >= 4 is 17.8 Å². The number of rotatable bonds is 7. The number of methoxy groups -OCH3 is 1. The van der Waals surface area contributed by atoms with Gasteiger partial charge in [0.15, 0.2) is 5.78 Å². The number of amides is 2. The number of hydrogen-bond acceptors (Lipinski definition) is 5. The van der Waals surface area contributed by atoms with Gasteiger partial charge in [0, 0.05) is 23.2 Å². The number of H-pyrrole nitrogens is 1. The molecule has 9 heteroatoms. The van der Waals surface area contributed by atoms with Crippen molar-refractivity contribution in [2.75, 3.05) is 13.7 Å². The lowest BCUT2D eigenvalue weighted by Crippen LogP contribution is -2.51. The molecule has 0 spiro atoms. The van der Waals surface area contributed by atoms with Gasteiger partial charge in [0.05, 0.1) is 25.0 Å². The van der Waals surface area contributed by atoms with Gasteiger partial charge < -0.3 is 19.9 Å². The normalized spacial score (nSPS) is 16.1. The third kappa shape index (κ3) is 5.55. The Morgan fingerprint density at radius 2 is 1.84 bits per heavy atom. The van der Waals surface area contributed by atoms with E-state index in [1.54, 1.807) is 47.5 Å². The average Bonchev–Trinajstić information content (AvgIpc) is 3.56. The molecule has 1 aromatic heterocycles. The Morgan fingerprint density at radius 3 is 2.46 bits per heavy atom. The van der Waals surface area contributed by atoms with E-state index in [-0.39, 0.29) is 23.7 Å². The Morgan fingerprint density at radius 1 is 1.14 bits per heavy atom. The highest BCUT2D eigenvalue weighted by Gasteiger charge is 2.37. The van der Waals surface area contributed by atoms with Gasteiger partial charge in [0.2, 0.25) is 5.91 Å². The van der Waals surface area contributed by atoms with Gasteiger partial charge in [-0.2, -0.15) is 0 Å². The molecule has 2 heterocycles. The fourth-order valence-corrected chi connectivity index (χ4v) is 4.65. The SMILES string of the molecule is COC(=O)NC(C(=O)N1CCCC1c1ncc(-c2ccc(-c3ccc(C(C)=O)cc3)c(F)c2)[nH]1)C(C)C. The molecule has 0 bridgehead atoms. The number of ether oxygens (including phenoxy) is 1. The molecular formula is C28H31FN4O4. The summed E-state index contributed by atoms with van der Waals surface area (Å²) in [7, 11) is 1.26. The summed E-state index contributed by atoms with van der Waals surface area (Å²) in [6.07, 6.45) is 2.52. The summed E-state index contributed by atoms with van der Waals surface area (Å²) in [6.45, 7) is 5.78. The number of nitrogens with one attached hydrogen (secondary N) is 2. The van der Waals surface area contributed by atoms with Crippen LogP contribution in [0.2, 0.25) is 0 Å². The fourth-order valence-electron chi connectivity index (χ4n) is 4.65. The van der Waals surface area contributed by atoms with E-state index in [9.17, 15) is 14.4 Å². The molecule has 8 nitrogen and oxygen atoms in total. The molecule has 0 saturated carbocycles. The topological polar surface area (TPSA) is 104 Å². The number of carbonyl (C=O) groups is 3. The zero-order chi connectivity index (χ0) is 26.7. The van der Waals surface area contributed by atoms with Crippen LogP contribution in [0.3, 0.4) is 0 Å². The number of benzene rings is 2. The second-order valence-corrected chi connectivity index (χ2v) is 9.56. The van der Waals surface area contributed by atoms with Crippen molar-refractivity contribution in [2.24, 2.45) is 5.92 Å². The first kappa shape index (κ1) is 26.1. The maximum Gasteiger partial charge on any atom is 0.407 e. The molecule has 1 saturated heterocycles. The van der Waals surface area contributed by atoms with Gasteiger partial charge in [-0.15, -0.1) is 0 Å². The maximum atomic E-state index is 15.1. The summed E-state index contributed by atoms with van der Waals surface area (Å²) in [5.74, 6) is -0.132. The number of Topliss-reactive ketones (excluding diaryl/α,β-unsaturated/α-hetero) is 1. The summed E-state index contributed by atoms with van der Waals surface area (Å²) in [5.41, 5.74) is 2.96. The quantitative estimate of drug-likeness (QED) is 0.433. The number of carbonyl (C=O) groups excluding carboxylic acids is 3. The molecule has 4 rings (SSSR count). The smallest absolute Gasteiger partial charge is 0.407 e. The Labute approximate surface area is 215 Å². The summed E-state index contributed by atoms with van der Waals surface area (Å²) in [4.78, 5) is 46.1. The predicted molar refractivity (Wildman–Crippen MR) is 137 cm³/mol. The van der Waals surface area contributed by atoms with E-state index >= 15 is 4.39 Å². The number of aromatic nitrogens is 2. The van der Waals surface area contributed by atoms with E-state index in [1.165, 1.54) is 20.1 Å². The van der Waals surface area contributed by atoms with Gasteiger partial charge in [-0.05, 0) is 37.3 Å². The van der Waals surface area contributed by atoms with E-state index in [1.807, 2.05) is 13.8 Å². The first-order valence-electron chi connectivity index (χ1n) is 12.3. The highest BCUT2D eigenvalue weighted by molar-refractivity contribution is 5.94. The lowest BCUT2D eigenvalue weighted by molar-refractivity contribution is -0.135. The maximum absolute atomic E-state index is 15.1. The summed E-state index contributed by atoms with van der Waals surface area (Å²) in [5, 5.41) is 2.64. The van der Waals surface area contributed by atoms with Crippen LogP contribution in [-0.2, 0) is 9.53 Å². The summed E-state index contributed by atoms with van der Waals surface area (Å²) in [6, 6.07) is 10.8. The van der Waals surface area contributed by atoms with Gasteiger partial charge in [-0.1, -0.05) is 50.2 Å². The fraction of sp³-hybridized carbons (Fsp3) is 0.357. The molecule has 1 aliphatic heterocycles. The summed E-state index contributed by atoms with van der Waals surface area (Å²) >= 11 is 0. The Bertz CT molecular complexity index is 1300. The standard InChI is InChI=1S/C28H31FN4O4/c1-16(2)25(32-28(36)37-4)27(35)33-13-5-6-24(33)26-30-15-23(31-26)20-11-12-21(22(29)14-20)19-9-7-18(8-10-19)17(3)34/h7-12,14-16,24-25H,5-6,13H2,1-4H3,(H,30,31)(H,32,36). The molecule has 3 aromatic rings. The highest BCUT2D eigenvalue weighted by Crippen LogP contribution is 2.33. The first-order chi connectivity index (χ1) is 17.7. The van der Waals surface area contributed by atoms with Crippen molar-refractivity contribution in [3.63, 3.8) is 0 Å². The molecule has 2 N–H and O–H groups in total. The molecule has 0 radical (unpaired) electrons. The van der Waals surface area contributed by atoms with E-state index in [0.717, 1.165) is 12.8 Å². The third-order valence-corrected chi connectivity index (χ3v) is 6.72. The number of ketones is 1. The van der Waals surface area contributed by atoms with Crippen molar-refractivity contribution in [3.8, 4) is 22.4 Å². The average molecular weight is 507 g/mol. The molecular weight excluding hydrogens is 475 g/mol. The van der Waals surface area contributed by atoms with Crippen LogP contribution in [0.5, 0.6) is 0 Å². The van der Waals surface area contributed by atoms with Crippen LogP contribution in [0.4, 0.5) is 9.18 Å². The van der Waals surface area contributed by atoms with Crippen LogP contribution < -0.4 is 5.32 Å². The number of hydrogen-bond donors (Lipinski definition) is 2.